The number of benzene rings is 2. The Balaban J connectivity index is 1.53. The lowest BCUT2D eigenvalue weighted by Gasteiger charge is -2.15. The van der Waals surface area contributed by atoms with Crippen LogP contribution in [0.25, 0.3) is 11.6 Å². The van der Waals surface area contributed by atoms with Gasteiger partial charge in [-0.3, -0.25) is 0 Å². The van der Waals surface area contributed by atoms with Crippen molar-refractivity contribution in [3.63, 3.8) is 0 Å². The van der Waals surface area contributed by atoms with Crippen LogP contribution in [0.5, 0.6) is 17.2 Å². The van der Waals surface area contributed by atoms with Crippen LogP contribution in [0.2, 0.25) is 0 Å². The predicted octanol–water partition coefficient (Wildman–Crippen LogP) is 4.32. The minimum atomic E-state index is -0.702. The fraction of sp³-hybridized carbons (Fsp3) is 0.296. The van der Waals surface area contributed by atoms with Crippen LogP contribution in [0.15, 0.2) is 54.6 Å². The Morgan fingerprint density at radius 1 is 1.03 bits per heavy atom. The number of methoxy groups -OCH3 is 3. The Morgan fingerprint density at radius 2 is 1.77 bits per heavy atom. The Bertz CT molecular complexity index is 1140. The highest BCUT2D eigenvalue weighted by Gasteiger charge is 2.14. The van der Waals surface area contributed by atoms with E-state index < -0.39 is 12.1 Å². The molecule has 2 aromatic carbocycles. The van der Waals surface area contributed by atoms with Gasteiger partial charge in [-0.15, -0.1) is 11.3 Å². The molecule has 0 bridgehead atoms. The first-order chi connectivity index (χ1) is 16.9. The number of aliphatic hydroxyl groups excluding tert-OH is 1. The van der Waals surface area contributed by atoms with Gasteiger partial charge in [0.25, 0.3) is 0 Å². The van der Waals surface area contributed by atoms with Crippen molar-refractivity contribution in [2.45, 2.75) is 19.6 Å². The number of hydrogen-bond acceptors (Lipinski definition) is 8. The van der Waals surface area contributed by atoms with Gasteiger partial charge in [0.05, 0.1) is 26.9 Å². The van der Waals surface area contributed by atoms with Crippen LogP contribution >= 0.6 is 11.3 Å². The maximum Gasteiger partial charge on any atom is 0.338 e. The van der Waals surface area contributed by atoms with Crippen LogP contribution in [-0.2, 0) is 16.1 Å². The first kappa shape index (κ1) is 26.3. The third kappa shape index (κ3) is 7.58. The van der Waals surface area contributed by atoms with E-state index in [0.717, 1.165) is 27.5 Å². The summed E-state index contributed by atoms with van der Waals surface area (Å²) in [7, 11) is 4.59. The zero-order valence-corrected chi connectivity index (χ0v) is 21.2. The van der Waals surface area contributed by atoms with Gasteiger partial charge in [-0.1, -0.05) is 18.2 Å². The van der Waals surface area contributed by atoms with Gasteiger partial charge in [0, 0.05) is 34.5 Å². The standard InChI is InChI=1S/C27H31NO6S/c1-18-5-12-24(35-18)14-25(27(30)33-4)19-6-9-22(10-7-19)34-17-21(29)16-28-15-20-8-11-23(31-2)13-26(20)32-3/h5-14,21,28-29H,15-17H2,1-4H3/b25-14-. The molecule has 0 aliphatic rings. The van der Waals surface area contributed by atoms with Crippen molar-refractivity contribution in [1.82, 2.24) is 5.32 Å². The van der Waals surface area contributed by atoms with E-state index in [1.165, 1.54) is 12.0 Å². The van der Waals surface area contributed by atoms with Gasteiger partial charge in [0.1, 0.15) is 30.0 Å². The maximum atomic E-state index is 12.3. The molecule has 3 aromatic rings. The van der Waals surface area contributed by atoms with Crippen molar-refractivity contribution in [3.8, 4) is 17.2 Å². The maximum absolute atomic E-state index is 12.3. The summed E-state index contributed by atoms with van der Waals surface area (Å²) in [6.45, 7) is 3.03. The summed E-state index contributed by atoms with van der Waals surface area (Å²) >= 11 is 1.61. The number of esters is 1. The number of rotatable bonds is 12. The van der Waals surface area contributed by atoms with E-state index in [1.54, 1.807) is 49.8 Å². The summed E-state index contributed by atoms with van der Waals surface area (Å²) in [6.07, 6.45) is 1.12. The van der Waals surface area contributed by atoms with Crippen LogP contribution in [0, 0.1) is 6.92 Å². The number of thiophene rings is 1. The molecule has 0 fully saturated rings. The molecule has 0 spiro atoms. The lowest BCUT2D eigenvalue weighted by molar-refractivity contribution is -0.133. The zero-order chi connectivity index (χ0) is 25.2. The topological polar surface area (TPSA) is 86.3 Å². The minimum Gasteiger partial charge on any atom is -0.497 e. The number of carbonyl (C=O) groups is 1. The molecule has 7 nitrogen and oxygen atoms in total. The van der Waals surface area contributed by atoms with Crippen molar-refractivity contribution in [3.05, 3.63) is 75.5 Å². The molecule has 2 N–H and O–H groups in total. The Labute approximate surface area is 209 Å². The number of hydrogen-bond donors (Lipinski definition) is 2. The van der Waals surface area contributed by atoms with Gasteiger partial charge >= 0.3 is 5.97 Å². The molecule has 35 heavy (non-hydrogen) atoms. The molecule has 1 aromatic heterocycles. The smallest absolute Gasteiger partial charge is 0.338 e. The Morgan fingerprint density at radius 3 is 2.40 bits per heavy atom. The van der Waals surface area contributed by atoms with Gasteiger partial charge in [-0.05, 0) is 48.9 Å². The average Bonchev–Trinajstić information content (AvgIpc) is 3.30. The summed E-state index contributed by atoms with van der Waals surface area (Å²) in [6, 6.07) is 16.7. The summed E-state index contributed by atoms with van der Waals surface area (Å²) in [4.78, 5) is 14.5. The number of nitrogens with one attached hydrogen (secondary N) is 1. The van der Waals surface area contributed by atoms with Gasteiger partial charge in [0.15, 0.2) is 0 Å². The highest BCUT2D eigenvalue weighted by molar-refractivity contribution is 7.12. The van der Waals surface area contributed by atoms with Crippen molar-refractivity contribution in [2.24, 2.45) is 0 Å². The second-order valence-corrected chi connectivity index (χ2v) is 9.12. The zero-order valence-electron chi connectivity index (χ0n) is 20.4. The summed E-state index contributed by atoms with van der Waals surface area (Å²) in [5.74, 6) is 1.64. The molecule has 0 saturated carbocycles. The second-order valence-electron chi connectivity index (χ2n) is 7.80. The third-order valence-corrected chi connectivity index (χ3v) is 6.20. The number of carbonyl (C=O) groups excluding carboxylic acids is 1. The highest BCUT2D eigenvalue weighted by atomic mass is 32.1. The van der Waals surface area contributed by atoms with E-state index in [0.29, 0.717) is 24.4 Å². The molecule has 1 heterocycles. The van der Waals surface area contributed by atoms with E-state index in [4.69, 9.17) is 18.9 Å². The molecule has 1 unspecified atom stereocenters. The summed E-state index contributed by atoms with van der Waals surface area (Å²) < 4.78 is 21.3. The normalized spacial score (nSPS) is 12.2. The van der Waals surface area contributed by atoms with E-state index in [2.05, 4.69) is 5.32 Å². The lowest BCUT2D eigenvalue weighted by atomic mass is 10.1. The molecule has 0 radical (unpaired) electrons. The van der Waals surface area contributed by atoms with E-state index in [1.807, 2.05) is 43.3 Å². The summed E-state index contributed by atoms with van der Waals surface area (Å²) in [5, 5.41) is 13.5. The largest absolute Gasteiger partial charge is 0.497 e. The molecular formula is C27H31NO6S. The van der Waals surface area contributed by atoms with Gasteiger partial charge in [-0.25, -0.2) is 4.79 Å². The summed E-state index contributed by atoms with van der Waals surface area (Å²) in [5.41, 5.74) is 2.16. The van der Waals surface area contributed by atoms with Crippen molar-refractivity contribution in [1.29, 1.82) is 0 Å². The van der Waals surface area contributed by atoms with E-state index in [9.17, 15) is 9.90 Å². The van der Waals surface area contributed by atoms with Gasteiger partial charge in [-0.2, -0.15) is 0 Å². The van der Waals surface area contributed by atoms with Gasteiger partial charge < -0.3 is 29.4 Å². The lowest BCUT2D eigenvalue weighted by Crippen LogP contribution is -2.31. The Hall–Kier alpha value is -3.33. The van der Waals surface area contributed by atoms with Crippen LogP contribution in [-0.4, -0.2) is 51.7 Å². The fourth-order valence-electron chi connectivity index (χ4n) is 3.40. The van der Waals surface area contributed by atoms with Crippen molar-refractivity contribution >= 4 is 29.0 Å². The van der Waals surface area contributed by atoms with Crippen molar-refractivity contribution in [2.75, 3.05) is 34.5 Å². The number of ether oxygens (including phenoxy) is 4. The first-order valence-electron chi connectivity index (χ1n) is 11.1. The molecule has 3 rings (SSSR count). The number of aliphatic hydroxyl groups is 1. The molecule has 0 amide bonds. The van der Waals surface area contributed by atoms with Crippen LogP contribution < -0.4 is 19.5 Å². The molecule has 0 aliphatic heterocycles. The molecule has 1 atom stereocenters. The van der Waals surface area contributed by atoms with Crippen LogP contribution in [0.4, 0.5) is 0 Å². The first-order valence-corrected chi connectivity index (χ1v) is 11.9. The van der Waals surface area contributed by atoms with Crippen molar-refractivity contribution < 1.29 is 28.8 Å². The van der Waals surface area contributed by atoms with Crippen LogP contribution in [0.3, 0.4) is 0 Å². The molecule has 0 saturated heterocycles. The molecule has 0 aliphatic carbocycles. The third-order valence-electron chi connectivity index (χ3n) is 5.25. The molecular weight excluding hydrogens is 466 g/mol. The number of aryl methyl sites for hydroxylation is 1. The molecule has 186 valence electrons. The second kappa shape index (κ2) is 12.9. The van der Waals surface area contributed by atoms with Crippen LogP contribution in [0.1, 0.15) is 20.9 Å². The Kier molecular flexibility index (Phi) is 9.72. The fourth-order valence-corrected chi connectivity index (χ4v) is 4.22. The van der Waals surface area contributed by atoms with Gasteiger partial charge in [0.2, 0.25) is 0 Å². The predicted molar refractivity (Wildman–Crippen MR) is 138 cm³/mol. The SMILES string of the molecule is COC(=O)/C(=C\c1ccc(C)s1)c1ccc(OCC(O)CNCc2ccc(OC)cc2OC)cc1. The minimum absolute atomic E-state index is 0.125. The monoisotopic (exact) mass is 497 g/mol. The average molecular weight is 498 g/mol. The highest BCUT2D eigenvalue weighted by Crippen LogP contribution is 2.26. The quantitative estimate of drug-likeness (QED) is 0.285. The molecule has 8 heteroatoms. The van der Waals surface area contributed by atoms with E-state index >= 15 is 0 Å². The van der Waals surface area contributed by atoms with E-state index in [-0.39, 0.29) is 6.61 Å².